The van der Waals surface area contributed by atoms with E-state index in [1.165, 1.54) is 7.11 Å². The van der Waals surface area contributed by atoms with Crippen LogP contribution in [0.1, 0.15) is 49.4 Å². The van der Waals surface area contributed by atoms with E-state index in [0.29, 0.717) is 26.1 Å². The highest BCUT2D eigenvalue weighted by Gasteiger charge is 2.41. The van der Waals surface area contributed by atoms with E-state index < -0.39 is 5.79 Å². The predicted octanol–water partition coefficient (Wildman–Crippen LogP) is 4.35. The Morgan fingerprint density at radius 3 is 2.17 bits per heavy atom. The standard InChI is InChI=1S/C24H30O5/c1-23(2,3)20-16-19(11-12-21(20)26-4)24(28-14-15-29-24)18-9-6-17(7-10-18)8-13-22(25)27-5/h6-7,9-12,16H,8,13-15H2,1-5H3. The van der Waals surface area contributed by atoms with Crippen molar-refractivity contribution in [1.29, 1.82) is 0 Å². The maximum atomic E-state index is 11.4. The van der Waals surface area contributed by atoms with E-state index in [4.69, 9.17) is 18.9 Å². The molecular weight excluding hydrogens is 368 g/mol. The van der Waals surface area contributed by atoms with Crippen LogP contribution in [0.25, 0.3) is 0 Å². The van der Waals surface area contributed by atoms with Crippen LogP contribution in [0.4, 0.5) is 0 Å². The quantitative estimate of drug-likeness (QED) is 0.678. The minimum absolute atomic E-state index is 0.0844. The van der Waals surface area contributed by atoms with Crippen LogP contribution in [0.2, 0.25) is 0 Å². The Morgan fingerprint density at radius 2 is 1.62 bits per heavy atom. The molecule has 0 saturated carbocycles. The van der Waals surface area contributed by atoms with Crippen LogP contribution in [-0.4, -0.2) is 33.4 Å². The van der Waals surface area contributed by atoms with Gasteiger partial charge in [-0.25, -0.2) is 0 Å². The highest BCUT2D eigenvalue weighted by molar-refractivity contribution is 5.69. The molecule has 3 rings (SSSR count). The Labute approximate surface area is 172 Å². The number of carbonyl (C=O) groups excluding carboxylic acids is 1. The zero-order valence-corrected chi connectivity index (χ0v) is 17.9. The van der Waals surface area contributed by atoms with Crippen molar-refractivity contribution in [1.82, 2.24) is 0 Å². The van der Waals surface area contributed by atoms with E-state index in [9.17, 15) is 4.79 Å². The number of hydrogen-bond acceptors (Lipinski definition) is 5. The van der Waals surface area contributed by atoms with Crippen LogP contribution >= 0.6 is 0 Å². The molecule has 0 aliphatic carbocycles. The monoisotopic (exact) mass is 398 g/mol. The molecule has 0 N–H and O–H groups in total. The maximum absolute atomic E-state index is 11.4. The molecule has 1 saturated heterocycles. The Hall–Kier alpha value is -2.37. The van der Waals surface area contributed by atoms with Gasteiger partial charge in [-0.2, -0.15) is 0 Å². The minimum atomic E-state index is -0.937. The van der Waals surface area contributed by atoms with Gasteiger partial charge in [0.2, 0.25) is 5.79 Å². The van der Waals surface area contributed by atoms with Gasteiger partial charge >= 0.3 is 5.97 Å². The smallest absolute Gasteiger partial charge is 0.305 e. The molecule has 0 unspecified atom stereocenters. The first-order valence-corrected chi connectivity index (χ1v) is 9.93. The molecule has 0 spiro atoms. The van der Waals surface area contributed by atoms with E-state index in [1.54, 1.807) is 7.11 Å². The lowest BCUT2D eigenvalue weighted by molar-refractivity contribution is -0.140. The second kappa shape index (κ2) is 8.56. The first kappa shape index (κ1) is 21.3. The molecule has 1 fully saturated rings. The van der Waals surface area contributed by atoms with Crippen molar-refractivity contribution in [3.63, 3.8) is 0 Å². The number of esters is 1. The molecule has 0 amide bonds. The van der Waals surface area contributed by atoms with Crippen LogP contribution in [0.3, 0.4) is 0 Å². The largest absolute Gasteiger partial charge is 0.496 e. The van der Waals surface area contributed by atoms with Crippen LogP contribution < -0.4 is 4.74 Å². The fourth-order valence-corrected chi connectivity index (χ4v) is 3.65. The predicted molar refractivity (Wildman–Crippen MR) is 111 cm³/mol. The number of benzene rings is 2. The van der Waals surface area contributed by atoms with Crippen LogP contribution in [0.5, 0.6) is 5.75 Å². The molecule has 156 valence electrons. The molecule has 1 aliphatic heterocycles. The molecule has 0 aromatic heterocycles. The highest BCUT2D eigenvalue weighted by Crippen LogP contribution is 2.42. The lowest BCUT2D eigenvalue weighted by atomic mass is 9.83. The topological polar surface area (TPSA) is 54.0 Å². The Kier molecular flexibility index (Phi) is 6.30. The van der Waals surface area contributed by atoms with E-state index in [2.05, 4.69) is 26.8 Å². The SMILES string of the molecule is COC(=O)CCc1ccc(C2(c3ccc(OC)c(C(C)(C)C)c3)OCCO2)cc1. The zero-order chi connectivity index (χ0) is 21.1. The van der Waals surface area contributed by atoms with Crippen LogP contribution in [0, 0.1) is 0 Å². The summed E-state index contributed by atoms with van der Waals surface area (Å²) in [7, 11) is 3.10. The Balaban J connectivity index is 1.96. The second-order valence-electron chi connectivity index (χ2n) is 8.25. The highest BCUT2D eigenvalue weighted by atomic mass is 16.7. The van der Waals surface area contributed by atoms with Gasteiger partial charge in [-0.15, -0.1) is 0 Å². The van der Waals surface area contributed by atoms with Gasteiger partial charge in [0.05, 0.1) is 27.4 Å². The van der Waals surface area contributed by atoms with Gasteiger partial charge in [0.25, 0.3) is 0 Å². The van der Waals surface area contributed by atoms with E-state index in [-0.39, 0.29) is 11.4 Å². The van der Waals surface area contributed by atoms with E-state index in [0.717, 1.165) is 28.0 Å². The van der Waals surface area contributed by atoms with Gasteiger partial charge in [-0.1, -0.05) is 45.0 Å². The van der Waals surface area contributed by atoms with Crippen LogP contribution in [0.15, 0.2) is 42.5 Å². The van der Waals surface area contributed by atoms with Gasteiger partial charge in [-0.3, -0.25) is 4.79 Å². The van der Waals surface area contributed by atoms with E-state index >= 15 is 0 Å². The van der Waals surface area contributed by atoms with Crippen molar-refractivity contribution in [2.45, 2.75) is 44.8 Å². The fraction of sp³-hybridized carbons (Fsp3) is 0.458. The molecule has 29 heavy (non-hydrogen) atoms. The summed E-state index contributed by atoms with van der Waals surface area (Å²) in [6.07, 6.45) is 1.000. The van der Waals surface area contributed by atoms with Gasteiger partial charge < -0.3 is 18.9 Å². The van der Waals surface area contributed by atoms with Crippen molar-refractivity contribution in [3.8, 4) is 5.75 Å². The van der Waals surface area contributed by atoms with Crippen molar-refractivity contribution < 1.29 is 23.7 Å². The number of methoxy groups -OCH3 is 2. The van der Waals surface area contributed by atoms with Gasteiger partial charge in [0, 0.05) is 17.5 Å². The summed E-state index contributed by atoms with van der Waals surface area (Å²) in [5.41, 5.74) is 3.96. The lowest BCUT2D eigenvalue weighted by Crippen LogP contribution is -2.29. The second-order valence-corrected chi connectivity index (χ2v) is 8.25. The van der Waals surface area contributed by atoms with Gasteiger partial charge in [-0.05, 0) is 41.2 Å². The summed E-state index contributed by atoms with van der Waals surface area (Å²) in [5.74, 6) is -0.291. The number of aryl methyl sites for hydroxylation is 1. The molecule has 1 aliphatic rings. The maximum Gasteiger partial charge on any atom is 0.305 e. The molecule has 5 heteroatoms. The average Bonchev–Trinajstić information content (AvgIpc) is 3.22. The van der Waals surface area contributed by atoms with Crippen molar-refractivity contribution in [2.75, 3.05) is 27.4 Å². The molecule has 5 nitrogen and oxygen atoms in total. The molecule has 2 aromatic carbocycles. The first-order valence-electron chi connectivity index (χ1n) is 9.93. The van der Waals surface area contributed by atoms with E-state index in [1.807, 2.05) is 36.4 Å². The third-order valence-corrected chi connectivity index (χ3v) is 5.26. The summed E-state index contributed by atoms with van der Waals surface area (Å²) in [4.78, 5) is 11.4. The Bertz CT molecular complexity index is 843. The van der Waals surface area contributed by atoms with Crippen molar-refractivity contribution >= 4 is 5.97 Å². The Morgan fingerprint density at radius 1 is 1.00 bits per heavy atom. The summed E-state index contributed by atoms with van der Waals surface area (Å²) in [6, 6.07) is 14.2. The van der Waals surface area contributed by atoms with Crippen LogP contribution in [-0.2, 0) is 36.6 Å². The molecule has 0 atom stereocenters. The minimum Gasteiger partial charge on any atom is -0.496 e. The molecule has 0 radical (unpaired) electrons. The molecular formula is C24H30O5. The third-order valence-electron chi connectivity index (χ3n) is 5.26. The first-order chi connectivity index (χ1) is 13.8. The summed E-state index contributed by atoms with van der Waals surface area (Å²) in [6.45, 7) is 7.54. The third kappa shape index (κ3) is 4.46. The average molecular weight is 398 g/mol. The van der Waals surface area contributed by atoms with Crippen molar-refractivity contribution in [2.24, 2.45) is 0 Å². The normalized spacial score (nSPS) is 15.9. The van der Waals surface area contributed by atoms with Crippen molar-refractivity contribution in [3.05, 3.63) is 64.7 Å². The van der Waals surface area contributed by atoms with Gasteiger partial charge in [0.1, 0.15) is 5.75 Å². The van der Waals surface area contributed by atoms with Gasteiger partial charge in [0.15, 0.2) is 0 Å². The lowest BCUT2D eigenvalue weighted by Gasteiger charge is -2.31. The molecule has 0 bridgehead atoms. The summed E-state index contributed by atoms with van der Waals surface area (Å²) >= 11 is 0. The zero-order valence-electron chi connectivity index (χ0n) is 17.9. The summed E-state index contributed by atoms with van der Waals surface area (Å²) < 4.78 is 22.6. The number of ether oxygens (including phenoxy) is 4. The molecule has 2 aromatic rings. The number of carbonyl (C=O) groups is 1. The number of hydrogen-bond donors (Lipinski definition) is 0. The molecule has 1 heterocycles. The summed E-state index contributed by atoms with van der Waals surface area (Å²) in [5, 5.41) is 0. The fourth-order valence-electron chi connectivity index (χ4n) is 3.65. The number of rotatable bonds is 6.